The molecule has 0 aliphatic carbocycles. The SMILES string of the molecule is Clc1cnc(NCc2cn[nH]c2)c(Br)c1. The maximum atomic E-state index is 5.78. The molecular formula is C9H8BrClN4. The second-order valence-electron chi connectivity index (χ2n) is 2.94. The fraction of sp³-hybridized carbons (Fsp3) is 0.111. The van der Waals surface area contributed by atoms with Gasteiger partial charge in [-0.2, -0.15) is 5.10 Å². The molecule has 78 valence electrons. The van der Waals surface area contributed by atoms with Crippen molar-refractivity contribution in [3.63, 3.8) is 0 Å². The van der Waals surface area contributed by atoms with Crippen molar-refractivity contribution in [2.24, 2.45) is 0 Å². The van der Waals surface area contributed by atoms with E-state index < -0.39 is 0 Å². The predicted octanol–water partition coefficient (Wildman–Crippen LogP) is 2.83. The Morgan fingerprint density at radius 1 is 1.47 bits per heavy atom. The Bertz CT molecular complexity index is 443. The highest BCUT2D eigenvalue weighted by molar-refractivity contribution is 9.10. The maximum absolute atomic E-state index is 5.78. The molecule has 2 rings (SSSR count). The number of H-pyrrole nitrogens is 1. The molecule has 2 aromatic rings. The summed E-state index contributed by atoms with van der Waals surface area (Å²) in [6.45, 7) is 0.670. The van der Waals surface area contributed by atoms with E-state index in [2.05, 4.69) is 36.4 Å². The van der Waals surface area contributed by atoms with Gasteiger partial charge in [-0.05, 0) is 22.0 Å². The van der Waals surface area contributed by atoms with Crippen LogP contribution in [0.5, 0.6) is 0 Å². The van der Waals surface area contributed by atoms with Crippen molar-refractivity contribution in [1.82, 2.24) is 15.2 Å². The minimum absolute atomic E-state index is 0.607. The van der Waals surface area contributed by atoms with E-state index in [1.54, 1.807) is 18.5 Å². The van der Waals surface area contributed by atoms with Crippen LogP contribution in [0.4, 0.5) is 5.82 Å². The molecule has 0 amide bonds. The minimum Gasteiger partial charge on any atom is -0.365 e. The van der Waals surface area contributed by atoms with E-state index in [4.69, 9.17) is 11.6 Å². The standard InChI is InChI=1S/C9H8BrClN4/c10-8-1-7(11)5-13-9(8)12-2-6-3-14-15-4-6/h1,3-5H,2H2,(H,12,13)(H,14,15). The van der Waals surface area contributed by atoms with Crippen molar-refractivity contribution >= 4 is 33.3 Å². The summed E-state index contributed by atoms with van der Waals surface area (Å²) in [5.41, 5.74) is 1.07. The zero-order valence-electron chi connectivity index (χ0n) is 7.67. The van der Waals surface area contributed by atoms with Crippen molar-refractivity contribution in [3.8, 4) is 0 Å². The van der Waals surface area contributed by atoms with Crippen LogP contribution in [0.3, 0.4) is 0 Å². The van der Waals surface area contributed by atoms with Crippen LogP contribution in [0.25, 0.3) is 0 Å². The number of hydrogen-bond donors (Lipinski definition) is 2. The number of nitrogens with one attached hydrogen (secondary N) is 2. The van der Waals surface area contributed by atoms with Gasteiger partial charge in [-0.1, -0.05) is 11.6 Å². The Balaban J connectivity index is 2.05. The summed E-state index contributed by atoms with van der Waals surface area (Å²) >= 11 is 9.16. The normalized spacial score (nSPS) is 10.3. The second kappa shape index (κ2) is 4.63. The van der Waals surface area contributed by atoms with E-state index in [1.165, 1.54) is 0 Å². The van der Waals surface area contributed by atoms with E-state index in [0.717, 1.165) is 15.9 Å². The molecule has 0 aromatic carbocycles. The first kappa shape index (κ1) is 10.4. The second-order valence-corrected chi connectivity index (χ2v) is 4.23. The number of anilines is 1. The zero-order chi connectivity index (χ0) is 10.7. The van der Waals surface area contributed by atoms with Gasteiger partial charge >= 0.3 is 0 Å². The lowest BCUT2D eigenvalue weighted by molar-refractivity contribution is 1.09. The summed E-state index contributed by atoms with van der Waals surface area (Å²) in [6, 6.07) is 1.80. The van der Waals surface area contributed by atoms with Gasteiger partial charge in [0.25, 0.3) is 0 Å². The smallest absolute Gasteiger partial charge is 0.140 e. The monoisotopic (exact) mass is 286 g/mol. The van der Waals surface area contributed by atoms with Crippen LogP contribution in [0.1, 0.15) is 5.56 Å². The lowest BCUT2D eigenvalue weighted by atomic mass is 10.3. The summed E-state index contributed by atoms with van der Waals surface area (Å²) in [5, 5.41) is 10.4. The van der Waals surface area contributed by atoms with Crippen molar-refractivity contribution < 1.29 is 0 Å². The number of rotatable bonds is 3. The molecule has 0 aliphatic rings. The third-order valence-electron chi connectivity index (χ3n) is 1.82. The van der Waals surface area contributed by atoms with Crippen LogP contribution in [0, 0.1) is 0 Å². The zero-order valence-corrected chi connectivity index (χ0v) is 10.0. The average Bonchev–Trinajstić information content (AvgIpc) is 2.69. The van der Waals surface area contributed by atoms with Gasteiger partial charge < -0.3 is 5.32 Å². The van der Waals surface area contributed by atoms with E-state index in [1.807, 2.05) is 6.20 Å². The van der Waals surface area contributed by atoms with Crippen molar-refractivity contribution in [2.75, 3.05) is 5.32 Å². The highest BCUT2D eigenvalue weighted by atomic mass is 79.9. The van der Waals surface area contributed by atoms with Gasteiger partial charge in [0.2, 0.25) is 0 Å². The molecule has 0 unspecified atom stereocenters. The lowest BCUT2D eigenvalue weighted by Crippen LogP contribution is -2.00. The largest absolute Gasteiger partial charge is 0.365 e. The topological polar surface area (TPSA) is 53.6 Å². The van der Waals surface area contributed by atoms with E-state index in [0.29, 0.717) is 11.6 Å². The Morgan fingerprint density at radius 2 is 2.33 bits per heavy atom. The Kier molecular flexibility index (Phi) is 3.23. The van der Waals surface area contributed by atoms with Gasteiger partial charge in [0.05, 0.1) is 15.7 Å². The highest BCUT2D eigenvalue weighted by Crippen LogP contribution is 2.23. The predicted molar refractivity (Wildman–Crippen MR) is 62.9 cm³/mol. The van der Waals surface area contributed by atoms with Crippen LogP contribution in [0.2, 0.25) is 5.02 Å². The van der Waals surface area contributed by atoms with Crippen LogP contribution in [-0.2, 0) is 6.54 Å². The van der Waals surface area contributed by atoms with Crippen LogP contribution in [-0.4, -0.2) is 15.2 Å². The third kappa shape index (κ3) is 2.70. The molecule has 0 saturated heterocycles. The summed E-state index contributed by atoms with van der Waals surface area (Å²) in [6.07, 6.45) is 5.19. The van der Waals surface area contributed by atoms with Crippen molar-refractivity contribution in [2.45, 2.75) is 6.54 Å². The summed E-state index contributed by atoms with van der Waals surface area (Å²) in [7, 11) is 0. The fourth-order valence-electron chi connectivity index (χ4n) is 1.10. The molecule has 2 aromatic heterocycles. The molecule has 0 fully saturated rings. The average molecular weight is 288 g/mol. The molecule has 0 aliphatic heterocycles. The van der Waals surface area contributed by atoms with Gasteiger partial charge in [0.1, 0.15) is 5.82 Å². The van der Waals surface area contributed by atoms with E-state index >= 15 is 0 Å². The molecule has 15 heavy (non-hydrogen) atoms. The molecule has 0 radical (unpaired) electrons. The van der Waals surface area contributed by atoms with Gasteiger partial charge in [0.15, 0.2) is 0 Å². The Hall–Kier alpha value is -1.07. The van der Waals surface area contributed by atoms with E-state index in [-0.39, 0.29) is 0 Å². The molecule has 0 spiro atoms. The van der Waals surface area contributed by atoms with Gasteiger partial charge in [-0.15, -0.1) is 0 Å². The number of halogens is 2. The van der Waals surface area contributed by atoms with Crippen molar-refractivity contribution in [1.29, 1.82) is 0 Å². The van der Waals surface area contributed by atoms with Gasteiger partial charge in [-0.3, -0.25) is 5.10 Å². The molecular weight excluding hydrogens is 279 g/mol. The molecule has 2 heterocycles. The van der Waals surface area contributed by atoms with Gasteiger partial charge in [-0.25, -0.2) is 4.98 Å². The summed E-state index contributed by atoms with van der Waals surface area (Å²) < 4.78 is 0.846. The Labute approximate surface area is 100 Å². The third-order valence-corrected chi connectivity index (χ3v) is 2.63. The first-order valence-electron chi connectivity index (χ1n) is 4.28. The van der Waals surface area contributed by atoms with Gasteiger partial charge in [0, 0.05) is 24.5 Å². The summed E-state index contributed by atoms with van der Waals surface area (Å²) in [4.78, 5) is 4.16. The van der Waals surface area contributed by atoms with Crippen LogP contribution >= 0.6 is 27.5 Å². The number of aromatic nitrogens is 3. The number of pyridine rings is 1. The highest BCUT2D eigenvalue weighted by Gasteiger charge is 2.02. The minimum atomic E-state index is 0.607. The van der Waals surface area contributed by atoms with Crippen molar-refractivity contribution in [3.05, 3.63) is 39.7 Å². The lowest BCUT2D eigenvalue weighted by Gasteiger charge is -2.05. The van der Waals surface area contributed by atoms with Crippen LogP contribution in [0.15, 0.2) is 29.1 Å². The molecule has 0 saturated carbocycles. The number of nitrogens with zero attached hydrogens (tertiary/aromatic N) is 2. The first-order chi connectivity index (χ1) is 7.25. The molecule has 6 heteroatoms. The quantitative estimate of drug-likeness (QED) is 0.913. The first-order valence-corrected chi connectivity index (χ1v) is 5.45. The summed E-state index contributed by atoms with van der Waals surface area (Å²) in [5.74, 6) is 0.764. The molecule has 0 bridgehead atoms. The number of hydrogen-bond acceptors (Lipinski definition) is 3. The van der Waals surface area contributed by atoms with Crippen LogP contribution < -0.4 is 5.32 Å². The van der Waals surface area contributed by atoms with E-state index in [9.17, 15) is 0 Å². The molecule has 2 N–H and O–H groups in total. The Morgan fingerprint density at radius 3 is 3.00 bits per heavy atom. The maximum Gasteiger partial charge on any atom is 0.140 e. The number of aromatic amines is 1. The fourth-order valence-corrected chi connectivity index (χ4v) is 1.88. The molecule has 4 nitrogen and oxygen atoms in total. The molecule has 0 atom stereocenters.